The number of rotatable bonds is 9. The standard InChI is InChI=1S/C18H23O9P/c1-22-14-8-7-12(9-15(14)26-27-28(19,20)21)5-6-13-10-16(23-2)18(25-4)17(11-13)24-3/h5-11,19-21,28H,1-4H3/b6-5-. The third kappa shape index (κ3) is 5.72. The Morgan fingerprint density at radius 2 is 1.21 bits per heavy atom. The molecule has 2 aromatic carbocycles. The molecule has 0 spiro atoms. The van der Waals surface area contributed by atoms with Crippen LogP contribution in [0.3, 0.4) is 0 Å². The van der Waals surface area contributed by atoms with Gasteiger partial charge in [0.2, 0.25) is 0 Å². The van der Waals surface area contributed by atoms with Gasteiger partial charge in [-0.15, -0.1) is 0 Å². The number of methoxy groups -OCH3 is 4. The van der Waals surface area contributed by atoms with Crippen LogP contribution < -0.4 is 23.8 Å². The fraction of sp³-hybridized carbons (Fsp3) is 0.222. The summed E-state index contributed by atoms with van der Waals surface area (Å²) in [6.07, 6.45) is 3.58. The molecule has 0 unspecified atom stereocenters. The Kier molecular flexibility index (Phi) is 7.45. The van der Waals surface area contributed by atoms with Crippen LogP contribution in [-0.2, 0) is 4.67 Å². The van der Waals surface area contributed by atoms with E-state index in [0.717, 1.165) is 5.56 Å². The molecule has 3 N–H and O–H groups in total. The van der Waals surface area contributed by atoms with E-state index in [0.29, 0.717) is 22.8 Å². The van der Waals surface area contributed by atoms with E-state index >= 15 is 0 Å². The monoisotopic (exact) mass is 414 g/mol. The van der Waals surface area contributed by atoms with Gasteiger partial charge in [-0.1, -0.05) is 0 Å². The topological polar surface area (TPSA) is 116 Å². The summed E-state index contributed by atoms with van der Waals surface area (Å²) < 4.78 is 25.3. The van der Waals surface area contributed by atoms with Gasteiger partial charge in [-0.2, -0.15) is 0 Å². The average Bonchev–Trinajstić information content (AvgIpc) is 2.69. The predicted molar refractivity (Wildman–Crippen MR) is 105 cm³/mol. The fourth-order valence-electron chi connectivity index (χ4n) is 2.35. The molecule has 2 rings (SSSR count). The summed E-state index contributed by atoms with van der Waals surface area (Å²) in [5.74, 6) is 1.86. The summed E-state index contributed by atoms with van der Waals surface area (Å²) in [5.41, 5.74) is 1.48. The molecule has 0 amide bonds. The summed E-state index contributed by atoms with van der Waals surface area (Å²) >= 11 is 0. The minimum absolute atomic E-state index is 0.0589. The molecule has 0 atom stereocenters. The molecule has 0 aliphatic heterocycles. The van der Waals surface area contributed by atoms with Crippen LogP contribution >= 0.6 is 8.17 Å². The molecular weight excluding hydrogens is 391 g/mol. The van der Waals surface area contributed by atoms with E-state index in [2.05, 4.69) is 4.67 Å². The summed E-state index contributed by atoms with van der Waals surface area (Å²) in [7, 11) is 1.17. The predicted octanol–water partition coefficient (Wildman–Crippen LogP) is 2.59. The summed E-state index contributed by atoms with van der Waals surface area (Å²) in [6, 6.07) is 8.45. The molecule has 0 radical (unpaired) electrons. The molecule has 28 heavy (non-hydrogen) atoms. The molecule has 0 aliphatic rings. The van der Waals surface area contributed by atoms with E-state index in [1.54, 1.807) is 36.4 Å². The first kappa shape index (κ1) is 21.7. The summed E-state index contributed by atoms with van der Waals surface area (Å²) in [5, 5.41) is 0. The Morgan fingerprint density at radius 1 is 0.679 bits per heavy atom. The van der Waals surface area contributed by atoms with Crippen molar-refractivity contribution < 1.29 is 43.2 Å². The molecule has 0 heterocycles. The molecule has 9 nitrogen and oxygen atoms in total. The van der Waals surface area contributed by atoms with Gasteiger partial charge in [-0.05, 0) is 0 Å². The van der Waals surface area contributed by atoms with Gasteiger partial charge < -0.3 is 0 Å². The Bertz CT molecular complexity index is 805. The molecule has 0 aliphatic carbocycles. The van der Waals surface area contributed by atoms with Crippen molar-refractivity contribution in [2.75, 3.05) is 28.4 Å². The maximum atomic E-state index is 8.92. The van der Waals surface area contributed by atoms with Crippen LogP contribution in [0.25, 0.3) is 12.2 Å². The zero-order valence-electron chi connectivity index (χ0n) is 15.8. The van der Waals surface area contributed by atoms with Crippen molar-refractivity contribution in [1.29, 1.82) is 0 Å². The van der Waals surface area contributed by atoms with E-state index in [1.807, 2.05) is 0 Å². The van der Waals surface area contributed by atoms with Crippen molar-refractivity contribution >= 4 is 20.3 Å². The van der Waals surface area contributed by atoms with Gasteiger partial charge in [0.15, 0.2) is 0 Å². The van der Waals surface area contributed by atoms with Gasteiger partial charge in [0.1, 0.15) is 0 Å². The van der Waals surface area contributed by atoms with Gasteiger partial charge in [-0.25, -0.2) is 0 Å². The van der Waals surface area contributed by atoms with Gasteiger partial charge >= 0.3 is 155 Å². The molecule has 0 saturated heterocycles. The molecule has 0 bridgehead atoms. The van der Waals surface area contributed by atoms with E-state index in [1.165, 1.54) is 34.5 Å². The Morgan fingerprint density at radius 3 is 1.71 bits per heavy atom. The number of ether oxygens (including phenoxy) is 4. The Labute approximate surface area is 162 Å². The number of hydrogen-bond donors (Lipinski definition) is 3. The van der Waals surface area contributed by atoms with Crippen molar-refractivity contribution in [3.05, 3.63) is 41.5 Å². The molecule has 2 aromatic rings. The molecule has 154 valence electrons. The average molecular weight is 414 g/mol. The van der Waals surface area contributed by atoms with Crippen LogP contribution in [0.15, 0.2) is 30.3 Å². The molecule has 10 heteroatoms. The van der Waals surface area contributed by atoms with Crippen molar-refractivity contribution in [2.24, 2.45) is 0 Å². The Balaban J connectivity index is 2.31. The van der Waals surface area contributed by atoms with E-state index in [4.69, 9.17) is 38.5 Å². The van der Waals surface area contributed by atoms with Crippen LogP contribution in [-0.4, -0.2) is 43.1 Å². The van der Waals surface area contributed by atoms with Crippen LogP contribution in [0.5, 0.6) is 28.7 Å². The summed E-state index contributed by atoms with van der Waals surface area (Å²) in [6.45, 7) is 0. The van der Waals surface area contributed by atoms with Gasteiger partial charge in [0.05, 0.1) is 7.11 Å². The maximum absolute atomic E-state index is 8.92. The van der Waals surface area contributed by atoms with Crippen molar-refractivity contribution in [3.8, 4) is 28.7 Å². The molecule has 0 aromatic heterocycles. The van der Waals surface area contributed by atoms with Gasteiger partial charge in [0.25, 0.3) is 0 Å². The third-order valence-electron chi connectivity index (χ3n) is 3.59. The number of hydrogen-bond acceptors (Lipinski definition) is 9. The molecule has 0 fully saturated rings. The quantitative estimate of drug-likeness (QED) is 0.246. The summed E-state index contributed by atoms with van der Waals surface area (Å²) in [4.78, 5) is 31.5. The molecular formula is C18H23O9P. The van der Waals surface area contributed by atoms with Crippen molar-refractivity contribution in [2.45, 2.75) is 0 Å². The minimum atomic E-state index is -4.83. The fourth-order valence-corrected chi connectivity index (χ4v) is 2.55. The van der Waals surface area contributed by atoms with Gasteiger partial charge in [-0.3, -0.25) is 0 Å². The second-order valence-electron chi connectivity index (χ2n) is 5.44. The van der Waals surface area contributed by atoms with E-state index in [-0.39, 0.29) is 11.5 Å². The van der Waals surface area contributed by atoms with Crippen LogP contribution in [0.4, 0.5) is 0 Å². The van der Waals surface area contributed by atoms with E-state index < -0.39 is 8.17 Å². The van der Waals surface area contributed by atoms with Crippen molar-refractivity contribution in [3.63, 3.8) is 0 Å². The van der Waals surface area contributed by atoms with Crippen LogP contribution in [0, 0.1) is 0 Å². The Hall–Kier alpha value is -2.55. The van der Waals surface area contributed by atoms with Crippen LogP contribution in [0.1, 0.15) is 11.1 Å². The first-order valence-corrected chi connectivity index (χ1v) is 9.75. The van der Waals surface area contributed by atoms with E-state index in [9.17, 15) is 0 Å². The second-order valence-corrected chi connectivity index (χ2v) is 6.76. The third-order valence-corrected chi connectivity index (χ3v) is 3.89. The number of benzene rings is 2. The first-order valence-electron chi connectivity index (χ1n) is 8.00. The van der Waals surface area contributed by atoms with Crippen LogP contribution in [0.2, 0.25) is 0 Å². The molecule has 0 saturated carbocycles. The SMILES string of the molecule is COc1ccc(/C=C\c2cc(OC)c(OC)c(OC)c2)cc1OO[PH](O)(O)O. The first-order chi connectivity index (χ1) is 13.3. The zero-order valence-corrected chi connectivity index (χ0v) is 16.8. The zero-order chi connectivity index (χ0) is 20.7. The van der Waals surface area contributed by atoms with Crippen molar-refractivity contribution in [1.82, 2.24) is 0 Å². The van der Waals surface area contributed by atoms with Gasteiger partial charge in [0, 0.05) is 0 Å². The second kappa shape index (κ2) is 9.59. The normalized spacial score (nSPS) is 12.0.